The first-order chi connectivity index (χ1) is 8.20. The molecule has 0 aliphatic heterocycles. The molecule has 0 heterocycles. The van der Waals surface area contributed by atoms with Crippen molar-refractivity contribution in [1.29, 1.82) is 0 Å². The number of ether oxygens (including phenoxy) is 1. The molecule has 0 amide bonds. The highest BCUT2D eigenvalue weighted by Gasteiger charge is 2.04. The van der Waals surface area contributed by atoms with Gasteiger partial charge in [0, 0.05) is 6.04 Å². The summed E-state index contributed by atoms with van der Waals surface area (Å²) in [6.07, 6.45) is 8.36. The summed E-state index contributed by atoms with van der Waals surface area (Å²) in [6, 6.07) is 0.386. The van der Waals surface area contributed by atoms with Gasteiger partial charge in [-0.25, -0.2) is 0 Å². The number of nitrogens with one attached hydrogen (secondary N) is 1. The van der Waals surface area contributed by atoms with Crippen molar-refractivity contribution in [3.63, 3.8) is 0 Å². The quantitative estimate of drug-likeness (QED) is 0.447. The minimum absolute atomic E-state index is 0.126. The molecule has 0 aliphatic rings. The summed E-state index contributed by atoms with van der Waals surface area (Å²) in [5.41, 5.74) is 0. The Morgan fingerprint density at radius 1 is 1.12 bits per heavy atom. The zero-order chi connectivity index (χ0) is 12.9. The Kier molecular flexibility index (Phi) is 11.5. The Hall–Kier alpha value is -0.570. The largest absolute Gasteiger partial charge is 0.465 e. The second kappa shape index (κ2) is 11.9. The molecule has 0 aromatic heterocycles. The van der Waals surface area contributed by atoms with Gasteiger partial charge in [0.25, 0.3) is 0 Å². The number of esters is 1. The summed E-state index contributed by atoms with van der Waals surface area (Å²) in [5.74, 6) is -0.126. The molecule has 0 aliphatic carbocycles. The molecule has 3 heteroatoms. The Balaban J connectivity index is 3.22. The molecule has 1 N–H and O–H groups in total. The molecule has 0 bridgehead atoms. The smallest absolute Gasteiger partial charge is 0.319 e. The Bertz CT molecular complexity index is 183. The van der Waals surface area contributed by atoms with Crippen molar-refractivity contribution in [1.82, 2.24) is 5.32 Å². The highest BCUT2D eigenvalue weighted by molar-refractivity contribution is 5.71. The molecule has 0 aromatic rings. The number of carbonyl (C=O) groups is 1. The summed E-state index contributed by atoms with van der Waals surface area (Å²) in [6.45, 7) is 7.30. The van der Waals surface area contributed by atoms with Gasteiger partial charge in [0.05, 0.1) is 13.2 Å². The highest BCUT2D eigenvalue weighted by Crippen LogP contribution is 2.04. The van der Waals surface area contributed by atoms with E-state index in [0.29, 0.717) is 19.2 Å². The van der Waals surface area contributed by atoms with Crippen molar-refractivity contribution in [2.45, 2.75) is 71.8 Å². The van der Waals surface area contributed by atoms with Crippen LogP contribution in [0.1, 0.15) is 65.7 Å². The van der Waals surface area contributed by atoms with Gasteiger partial charge in [-0.3, -0.25) is 4.79 Å². The molecule has 0 radical (unpaired) electrons. The highest BCUT2D eigenvalue weighted by atomic mass is 16.5. The lowest BCUT2D eigenvalue weighted by Crippen LogP contribution is -2.32. The van der Waals surface area contributed by atoms with Crippen LogP contribution < -0.4 is 5.32 Å². The maximum atomic E-state index is 11.3. The summed E-state index contributed by atoms with van der Waals surface area (Å²) in [7, 11) is 0. The molecule has 0 aromatic carbocycles. The van der Waals surface area contributed by atoms with Crippen LogP contribution in [-0.4, -0.2) is 25.2 Å². The topological polar surface area (TPSA) is 38.3 Å². The third kappa shape index (κ3) is 11.7. The summed E-state index contributed by atoms with van der Waals surface area (Å²) in [5, 5.41) is 3.13. The van der Waals surface area contributed by atoms with Gasteiger partial charge < -0.3 is 10.1 Å². The first-order valence-electron chi connectivity index (χ1n) is 7.09. The lowest BCUT2D eigenvalue weighted by atomic mass is 10.1. The van der Waals surface area contributed by atoms with Gasteiger partial charge in [0.2, 0.25) is 0 Å². The molecule has 0 spiro atoms. The van der Waals surface area contributed by atoms with E-state index in [4.69, 9.17) is 4.74 Å². The van der Waals surface area contributed by atoms with Crippen LogP contribution in [-0.2, 0) is 9.53 Å². The minimum Gasteiger partial charge on any atom is -0.465 e. The Morgan fingerprint density at radius 3 is 2.41 bits per heavy atom. The van der Waals surface area contributed by atoms with E-state index in [1.807, 2.05) is 0 Å². The van der Waals surface area contributed by atoms with Crippen molar-refractivity contribution in [2.24, 2.45) is 0 Å². The summed E-state index contributed by atoms with van der Waals surface area (Å²) < 4.78 is 5.14. The fraction of sp³-hybridized carbons (Fsp3) is 0.929. The van der Waals surface area contributed by atoms with E-state index >= 15 is 0 Å². The molecule has 1 atom stereocenters. The molecule has 0 saturated carbocycles. The number of carbonyl (C=O) groups excluding carboxylic acids is 1. The molecular weight excluding hydrogens is 214 g/mol. The van der Waals surface area contributed by atoms with Gasteiger partial charge in [-0.1, -0.05) is 46.0 Å². The number of unbranched alkanes of at least 4 members (excludes halogenated alkanes) is 5. The molecule has 0 saturated heterocycles. The maximum absolute atomic E-state index is 11.3. The van der Waals surface area contributed by atoms with E-state index in [2.05, 4.69) is 26.1 Å². The summed E-state index contributed by atoms with van der Waals surface area (Å²) >= 11 is 0. The van der Waals surface area contributed by atoms with Crippen LogP contribution in [0.4, 0.5) is 0 Å². The number of rotatable bonds is 11. The zero-order valence-electron chi connectivity index (χ0n) is 11.8. The van der Waals surface area contributed by atoms with Crippen LogP contribution in [0.3, 0.4) is 0 Å². The van der Waals surface area contributed by atoms with E-state index in [1.165, 1.54) is 32.1 Å². The van der Waals surface area contributed by atoms with Gasteiger partial charge >= 0.3 is 5.97 Å². The molecule has 3 nitrogen and oxygen atoms in total. The van der Waals surface area contributed by atoms with Crippen LogP contribution in [0, 0.1) is 0 Å². The van der Waals surface area contributed by atoms with E-state index in [0.717, 1.165) is 12.8 Å². The molecule has 102 valence electrons. The SMILES string of the molecule is CCCCCCCCOC(=O)CNC(C)CC. The fourth-order valence-corrected chi connectivity index (χ4v) is 1.52. The van der Waals surface area contributed by atoms with Gasteiger partial charge in [0.1, 0.15) is 0 Å². The van der Waals surface area contributed by atoms with E-state index < -0.39 is 0 Å². The van der Waals surface area contributed by atoms with Crippen LogP contribution >= 0.6 is 0 Å². The number of hydrogen-bond donors (Lipinski definition) is 1. The van der Waals surface area contributed by atoms with Crippen LogP contribution in [0.15, 0.2) is 0 Å². The first kappa shape index (κ1) is 16.4. The van der Waals surface area contributed by atoms with Gasteiger partial charge in [0.15, 0.2) is 0 Å². The Labute approximate surface area is 106 Å². The predicted molar refractivity (Wildman–Crippen MR) is 72.1 cm³/mol. The maximum Gasteiger partial charge on any atom is 0.319 e. The van der Waals surface area contributed by atoms with Crippen molar-refractivity contribution in [3.05, 3.63) is 0 Å². The molecular formula is C14H29NO2. The molecule has 1 unspecified atom stereocenters. The van der Waals surface area contributed by atoms with Crippen molar-refractivity contribution >= 4 is 5.97 Å². The average Bonchev–Trinajstić information content (AvgIpc) is 2.34. The fourth-order valence-electron chi connectivity index (χ4n) is 1.52. The average molecular weight is 243 g/mol. The minimum atomic E-state index is -0.126. The standard InChI is InChI=1S/C14H29NO2/c1-4-6-7-8-9-10-11-17-14(16)12-15-13(3)5-2/h13,15H,4-12H2,1-3H3. The van der Waals surface area contributed by atoms with Gasteiger partial charge in [-0.05, 0) is 19.8 Å². The van der Waals surface area contributed by atoms with Crippen LogP contribution in [0.5, 0.6) is 0 Å². The zero-order valence-corrected chi connectivity index (χ0v) is 11.8. The van der Waals surface area contributed by atoms with Crippen molar-refractivity contribution < 1.29 is 9.53 Å². The normalized spacial score (nSPS) is 12.4. The first-order valence-corrected chi connectivity index (χ1v) is 7.09. The molecule has 0 fully saturated rings. The lowest BCUT2D eigenvalue weighted by molar-refractivity contribution is -0.142. The number of hydrogen-bond acceptors (Lipinski definition) is 3. The predicted octanol–water partition coefficient (Wildman–Crippen LogP) is 3.28. The van der Waals surface area contributed by atoms with Crippen LogP contribution in [0.25, 0.3) is 0 Å². The van der Waals surface area contributed by atoms with E-state index in [1.54, 1.807) is 0 Å². The third-order valence-corrected chi connectivity index (χ3v) is 2.97. The summed E-state index contributed by atoms with van der Waals surface area (Å²) in [4.78, 5) is 11.3. The monoisotopic (exact) mass is 243 g/mol. The molecule has 0 rings (SSSR count). The van der Waals surface area contributed by atoms with Crippen LogP contribution in [0.2, 0.25) is 0 Å². The second-order valence-electron chi connectivity index (χ2n) is 4.68. The second-order valence-corrected chi connectivity index (χ2v) is 4.68. The molecule has 17 heavy (non-hydrogen) atoms. The third-order valence-electron chi connectivity index (χ3n) is 2.97. The van der Waals surface area contributed by atoms with E-state index in [-0.39, 0.29) is 5.97 Å². The van der Waals surface area contributed by atoms with Crippen molar-refractivity contribution in [3.8, 4) is 0 Å². The van der Waals surface area contributed by atoms with Gasteiger partial charge in [-0.2, -0.15) is 0 Å². The lowest BCUT2D eigenvalue weighted by Gasteiger charge is -2.10. The van der Waals surface area contributed by atoms with E-state index in [9.17, 15) is 4.79 Å². The van der Waals surface area contributed by atoms with Crippen molar-refractivity contribution in [2.75, 3.05) is 13.2 Å². The van der Waals surface area contributed by atoms with Gasteiger partial charge in [-0.15, -0.1) is 0 Å². The Morgan fingerprint density at radius 2 is 1.76 bits per heavy atom.